The topological polar surface area (TPSA) is 97.9 Å². The molecule has 11 heteroatoms. The summed E-state index contributed by atoms with van der Waals surface area (Å²) in [6, 6.07) is 4.03. The first-order valence-electron chi connectivity index (χ1n) is 9.55. The van der Waals surface area contributed by atoms with E-state index in [4.69, 9.17) is 0 Å². The Labute approximate surface area is 189 Å². The summed E-state index contributed by atoms with van der Waals surface area (Å²) in [6.07, 6.45) is 4.41. The fraction of sp³-hybridized carbons (Fsp3) is 0.350. The zero-order valence-electron chi connectivity index (χ0n) is 18.0. The van der Waals surface area contributed by atoms with Crippen LogP contribution in [0.15, 0.2) is 36.1 Å². The van der Waals surface area contributed by atoms with Crippen molar-refractivity contribution in [2.24, 2.45) is 7.05 Å². The molecule has 0 bridgehead atoms. The van der Waals surface area contributed by atoms with E-state index < -0.39 is 0 Å². The fourth-order valence-electron chi connectivity index (χ4n) is 2.85. The van der Waals surface area contributed by atoms with Gasteiger partial charge in [-0.15, -0.1) is 16.8 Å². The standard InChI is InChI=1S/C20H25N7O2S2/c1-6-9-27-15(11-14-8-7-10-26(14)5)23-24-20(27)30-12-16(28)22-19-21-13(2)17(31-19)18(29)25(3)4/h6-8,10H,1,9,11-12H2,2-5H3,(H,21,22,28). The zero-order chi connectivity index (χ0) is 22.5. The van der Waals surface area contributed by atoms with Gasteiger partial charge in [-0.05, 0) is 19.1 Å². The molecule has 0 spiro atoms. The highest BCUT2D eigenvalue weighted by molar-refractivity contribution is 7.99. The number of thiazole rings is 1. The highest BCUT2D eigenvalue weighted by Gasteiger charge is 2.19. The Bertz CT molecular complexity index is 1100. The van der Waals surface area contributed by atoms with Crippen LogP contribution in [-0.2, 0) is 24.8 Å². The number of rotatable bonds is 9. The second-order valence-electron chi connectivity index (χ2n) is 7.06. The van der Waals surface area contributed by atoms with Crippen molar-refractivity contribution >= 4 is 40.0 Å². The lowest BCUT2D eigenvalue weighted by Gasteiger charge is -2.08. The van der Waals surface area contributed by atoms with Crippen molar-refractivity contribution in [3.63, 3.8) is 0 Å². The van der Waals surface area contributed by atoms with Gasteiger partial charge >= 0.3 is 0 Å². The van der Waals surface area contributed by atoms with Gasteiger partial charge in [-0.3, -0.25) is 9.59 Å². The summed E-state index contributed by atoms with van der Waals surface area (Å²) in [5, 5.41) is 12.4. The summed E-state index contributed by atoms with van der Waals surface area (Å²) in [4.78, 5) is 30.9. The van der Waals surface area contributed by atoms with Crippen LogP contribution in [-0.4, -0.2) is 60.9 Å². The summed E-state index contributed by atoms with van der Waals surface area (Å²) in [5.41, 5.74) is 1.72. The number of carbonyl (C=O) groups excluding carboxylic acids is 2. The molecule has 0 aliphatic rings. The molecule has 164 valence electrons. The molecule has 0 saturated heterocycles. The SMILES string of the molecule is C=CCn1c(Cc2cccn2C)nnc1SCC(=O)Nc1nc(C)c(C(=O)N(C)C)s1. The number of aromatic nitrogens is 5. The minimum atomic E-state index is -0.222. The van der Waals surface area contributed by atoms with Crippen molar-refractivity contribution in [2.75, 3.05) is 25.2 Å². The monoisotopic (exact) mass is 459 g/mol. The molecule has 31 heavy (non-hydrogen) atoms. The van der Waals surface area contributed by atoms with Crippen LogP contribution in [0.3, 0.4) is 0 Å². The Hall–Kier alpha value is -2.92. The molecule has 0 aliphatic heterocycles. The number of nitrogens with zero attached hydrogens (tertiary/aromatic N) is 6. The van der Waals surface area contributed by atoms with Crippen LogP contribution in [0.2, 0.25) is 0 Å². The van der Waals surface area contributed by atoms with Gasteiger partial charge in [0.25, 0.3) is 5.91 Å². The maximum absolute atomic E-state index is 12.4. The van der Waals surface area contributed by atoms with Gasteiger partial charge in [0.2, 0.25) is 5.91 Å². The van der Waals surface area contributed by atoms with Crippen molar-refractivity contribution in [2.45, 2.75) is 25.0 Å². The van der Waals surface area contributed by atoms with E-state index in [0.717, 1.165) is 11.5 Å². The summed E-state index contributed by atoms with van der Waals surface area (Å²) < 4.78 is 4.00. The molecule has 0 saturated carbocycles. The van der Waals surface area contributed by atoms with Gasteiger partial charge < -0.3 is 19.4 Å². The molecule has 3 rings (SSSR count). The van der Waals surface area contributed by atoms with E-state index in [-0.39, 0.29) is 17.6 Å². The van der Waals surface area contributed by atoms with Crippen molar-refractivity contribution < 1.29 is 9.59 Å². The zero-order valence-corrected chi connectivity index (χ0v) is 19.6. The van der Waals surface area contributed by atoms with E-state index in [1.165, 1.54) is 28.0 Å². The third kappa shape index (κ3) is 5.42. The Morgan fingerprint density at radius 3 is 2.77 bits per heavy atom. The summed E-state index contributed by atoms with van der Waals surface area (Å²) in [5.74, 6) is 0.606. The summed E-state index contributed by atoms with van der Waals surface area (Å²) in [6.45, 7) is 6.12. The lowest BCUT2D eigenvalue weighted by atomic mass is 10.3. The van der Waals surface area contributed by atoms with E-state index in [0.29, 0.717) is 33.8 Å². The van der Waals surface area contributed by atoms with Gasteiger partial charge in [0.15, 0.2) is 10.3 Å². The second-order valence-corrected chi connectivity index (χ2v) is 9.00. The van der Waals surface area contributed by atoms with Crippen molar-refractivity contribution in [1.82, 2.24) is 29.2 Å². The molecule has 0 aromatic carbocycles. The first kappa shape index (κ1) is 22.8. The number of carbonyl (C=O) groups is 2. The van der Waals surface area contributed by atoms with Crippen LogP contribution in [0, 0.1) is 6.92 Å². The van der Waals surface area contributed by atoms with Gasteiger partial charge in [0.1, 0.15) is 10.7 Å². The molecule has 0 atom stereocenters. The lowest BCUT2D eigenvalue weighted by molar-refractivity contribution is -0.113. The quantitative estimate of drug-likeness (QED) is 0.390. The average molecular weight is 460 g/mol. The molecule has 3 heterocycles. The van der Waals surface area contributed by atoms with E-state index in [9.17, 15) is 9.59 Å². The number of nitrogens with one attached hydrogen (secondary N) is 1. The number of allylic oxidation sites excluding steroid dienone is 1. The number of amides is 2. The normalized spacial score (nSPS) is 10.8. The minimum absolute atomic E-state index is 0.131. The van der Waals surface area contributed by atoms with Crippen LogP contribution in [0.25, 0.3) is 0 Å². The Kier molecular flexibility index (Phi) is 7.29. The van der Waals surface area contributed by atoms with Gasteiger partial charge in [-0.1, -0.05) is 29.2 Å². The van der Waals surface area contributed by atoms with Gasteiger partial charge in [0.05, 0.1) is 11.4 Å². The second kappa shape index (κ2) is 9.92. The third-order valence-electron chi connectivity index (χ3n) is 4.47. The summed E-state index contributed by atoms with van der Waals surface area (Å²) in [7, 11) is 5.35. The summed E-state index contributed by atoms with van der Waals surface area (Å²) >= 11 is 2.47. The van der Waals surface area contributed by atoms with E-state index >= 15 is 0 Å². The average Bonchev–Trinajstić information content (AvgIpc) is 3.40. The Morgan fingerprint density at radius 1 is 1.35 bits per heavy atom. The highest BCUT2D eigenvalue weighted by Crippen LogP contribution is 2.24. The molecule has 3 aromatic heterocycles. The van der Waals surface area contributed by atoms with Crippen molar-refractivity contribution in [1.29, 1.82) is 0 Å². The fourth-order valence-corrected chi connectivity index (χ4v) is 4.62. The van der Waals surface area contributed by atoms with E-state index in [2.05, 4.69) is 27.1 Å². The largest absolute Gasteiger partial charge is 0.354 e. The van der Waals surface area contributed by atoms with E-state index in [1.54, 1.807) is 27.1 Å². The van der Waals surface area contributed by atoms with Crippen LogP contribution in [0.4, 0.5) is 5.13 Å². The third-order valence-corrected chi connectivity index (χ3v) is 6.50. The van der Waals surface area contributed by atoms with Crippen LogP contribution in [0.5, 0.6) is 0 Å². The maximum atomic E-state index is 12.4. The molecule has 2 amide bonds. The molecule has 9 nitrogen and oxygen atoms in total. The number of anilines is 1. The maximum Gasteiger partial charge on any atom is 0.265 e. The van der Waals surface area contributed by atoms with Crippen molar-refractivity contribution in [3.8, 4) is 0 Å². The highest BCUT2D eigenvalue weighted by atomic mass is 32.2. The number of hydrogen-bond acceptors (Lipinski definition) is 7. The van der Waals surface area contributed by atoms with Gasteiger partial charge in [-0.25, -0.2) is 4.98 Å². The Balaban J connectivity index is 1.65. The molecule has 3 aromatic rings. The van der Waals surface area contributed by atoms with Crippen molar-refractivity contribution in [3.05, 3.63) is 53.1 Å². The minimum Gasteiger partial charge on any atom is -0.354 e. The number of hydrogen-bond donors (Lipinski definition) is 1. The van der Waals surface area contributed by atoms with Gasteiger partial charge in [-0.2, -0.15) is 0 Å². The molecule has 0 radical (unpaired) electrons. The molecular weight excluding hydrogens is 434 g/mol. The lowest BCUT2D eigenvalue weighted by Crippen LogP contribution is -2.21. The Morgan fingerprint density at radius 2 is 2.13 bits per heavy atom. The predicted molar refractivity (Wildman–Crippen MR) is 123 cm³/mol. The molecular formula is C20H25N7O2S2. The van der Waals surface area contributed by atoms with Crippen LogP contribution in [0.1, 0.15) is 26.9 Å². The predicted octanol–water partition coefficient (Wildman–Crippen LogP) is 2.59. The van der Waals surface area contributed by atoms with Crippen LogP contribution < -0.4 is 5.32 Å². The van der Waals surface area contributed by atoms with Gasteiger partial charge in [0, 0.05) is 46.0 Å². The first-order chi connectivity index (χ1) is 14.8. The molecule has 1 N–H and O–H groups in total. The molecule has 0 aliphatic carbocycles. The van der Waals surface area contributed by atoms with Crippen LogP contribution >= 0.6 is 23.1 Å². The van der Waals surface area contributed by atoms with E-state index in [1.807, 2.05) is 34.5 Å². The smallest absolute Gasteiger partial charge is 0.265 e. The molecule has 0 fully saturated rings. The number of aryl methyl sites for hydroxylation is 2. The first-order valence-corrected chi connectivity index (χ1v) is 11.3. The number of thioether (sulfide) groups is 1. The molecule has 0 unspecified atom stereocenters.